The third kappa shape index (κ3) is 5.55. The minimum atomic E-state index is -0.407. The van der Waals surface area contributed by atoms with Crippen LogP contribution < -0.4 is 5.46 Å². The lowest BCUT2D eigenvalue weighted by Gasteiger charge is -2.37. The van der Waals surface area contributed by atoms with Gasteiger partial charge >= 0.3 is 7.12 Å². The zero-order valence-corrected chi connectivity index (χ0v) is 25.1. The van der Waals surface area contributed by atoms with Gasteiger partial charge < -0.3 is 9.31 Å². The second kappa shape index (κ2) is 10.7. The molecule has 0 saturated carbocycles. The van der Waals surface area contributed by atoms with Crippen LogP contribution in [0.3, 0.4) is 0 Å². The number of pyridine rings is 1. The quantitative estimate of drug-likeness (QED) is 0.324. The second-order valence-electron chi connectivity index (χ2n) is 11.5. The summed E-state index contributed by atoms with van der Waals surface area (Å²) in [5.41, 5.74) is 7.15. The predicted molar refractivity (Wildman–Crippen MR) is 157 cm³/mol. The summed E-state index contributed by atoms with van der Waals surface area (Å²) >= 11 is 0. The summed E-state index contributed by atoms with van der Waals surface area (Å²) in [5.74, 6) is 0. The van der Waals surface area contributed by atoms with Crippen molar-refractivity contribution >= 4 is 18.2 Å². The van der Waals surface area contributed by atoms with Gasteiger partial charge in [0, 0.05) is 28.1 Å². The van der Waals surface area contributed by atoms with Gasteiger partial charge in [-0.1, -0.05) is 86.3 Å². The first kappa shape index (κ1) is 30.1. The SMILES string of the molecule is C=C(c1ccc(B2OC(C)(C)C(C)(C)O2)cn1)c1cc2c(cc1C)C(C)(C)C=CC2(C)C.CC.CC. The summed E-state index contributed by atoms with van der Waals surface area (Å²) in [4.78, 5) is 4.74. The number of nitrogens with zero attached hydrogens (tertiary/aromatic N) is 1. The van der Waals surface area contributed by atoms with Gasteiger partial charge in [0.05, 0.1) is 16.9 Å². The summed E-state index contributed by atoms with van der Waals surface area (Å²) in [6, 6.07) is 8.72. The van der Waals surface area contributed by atoms with E-state index in [0.717, 1.165) is 22.3 Å². The van der Waals surface area contributed by atoms with Crippen molar-refractivity contribution in [3.05, 3.63) is 77.1 Å². The molecule has 0 bridgehead atoms. The van der Waals surface area contributed by atoms with Crippen molar-refractivity contribution in [2.45, 2.75) is 112 Å². The highest BCUT2D eigenvalue weighted by atomic mass is 16.7. The molecule has 4 rings (SSSR count). The summed E-state index contributed by atoms with van der Waals surface area (Å²) in [6.45, 7) is 31.9. The standard InChI is InChI=1S/C28H36BNO2.2C2H6/c1-18-15-22-23(26(5,6)14-13-25(22,3)4)16-21(18)19(2)24-12-11-20(17-30-24)29-31-27(7,8)28(9,10)32-29;2*1-2/h11-17H,2H2,1,3-10H3;2*1-2H3. The highest BCUT2D eigenvalue weighted by molar-refractivity contribution is 6.62. The van der Waals surface area contributed by atoms with Crippen LogP contribution in [-0.4, -0.2) is 23.3 Å². The van der Waals surface area contributed by atoms with E-state index in [1.165, 1.54) is 16.7 Å². The van der Waals surface area contributed by atoms with Crippen LogP contribution in [-0.2, 0) is 20.1 Å². The van der Waals surface area contributed by atoms with E-state index >= 15 is 0 Å². The summed E-state index contributed by atoms with van der Waals surface area (Å²) in [6.07, 6.45) is 6.51. The molecule has 2 heterocycles. The normalized spacial score (nSPS) is 19.9. The van der Waals surface area contributed by atoms with E-state index in [-0.39, 0.29) is 22.0 Å². The van der Waals surface area contributed by atoms with Crippen LogP contribution in [0.1, 0.15) is 111 Å². The van der Waals surface area contributed by atoms with Crippen LogP contribution in [0.5, 0.6) is 0 Å². The van der Waals surface area contributed by atoms with Crippen LogP contribution >= 0.6 is 0 Å². The molecule has 0 spiro atoms. The van der Waals surface area contributed by atoms with Gasteiger partial charge in [-0.2, -0.15) is 0 Å². The van der Waals surface area contributed by atoms with E-state index in [2.05, 4.69) is 93.2 Å². The molecule has 1 aromatic carbocycles. The van der Waals surface area contributed by atoms with Crippen LogP contribution in [0.15, 0.2) is 49.2 Å². The summed E-state index contributed by atoms with van der Waals surface area (Å²) in [5, 5.41) is 0. The number of hydrogen-bond acceptors (Lipinski definition) is 3. The van der Waals surface area contributed by atoms with E-state index in [9.17, 15) is 0 Å². The zero-order chi connectivity index (χ0) is 27.7. The van der Waals surface area contributed by atoms with Crippen molar-refractivity contribution in [1.82, 2.24) is 4.98 Å². The molecular formula is C32H48BNO2. The maximum atomic E-state index is 6.17. The first-order valence-electron chi connectivity index (χ1n) is 13.5. The Labute approximate surface area is 221 Å². The van der Waals surface area contributed by atoms with E-state index in [4.69, 9.17) is 14.3 Å². The summed E-state index contributed by atoms with van der Waals surface area (Å²) in [7, 11) is -0.407. The molecule has 0 radical (unpaired) electrons. The molecule has 0 atom stereocenters. The van der Waals surface area contributed by atoms with Crippen molar-refractivity contribution in [2.24, 2.45) is 0 Å². The second-order valence-corrected chi connectivity index (χ2v) is 11.5. The molecule has 0 amide bonds. The van der Waals surface area contributed by atoms with E-state index < -0.39 is 7.12 Å². The molecule has 196 valence electrons. The number of benzene rings is 1. The molecule has 4 heteroatoms. The molecule has 0 N–H and O–H groups in total. The summed E-state index contributed by atoms with van der Waals surface area (Å²) < 4.78 is 12.3. The average molecular weight is 490 g/mol. The van der Waals surface area contributed by atoms with E-state index in [1.807, 2.05) is 46.0 Å². The number of rotatable bonds is 3. The Bertz CT molecular complexity index is 1090. The average Bonchev–Trinajstić information content (AvgIpc) is 3.06. The molecule has 2 aliphatic rings. The van der Waals surface area contributed by atoms with Crippen LogP contribution in [0.4, 0.5) is 0 Å². The largest absolute Gasteiger partial charge is 0.496 e. The molecule has 36 heavy (non-hydrogen) atoms. The minimum absolute atomic E-state index is 0.0123. The third-order valence-electron chi connectivity index (χ3n) is 7.62. The van der Waals surface area contributed by atoms with Gasteiger partial charge in [-0.3, -0.25) is 4.98 Å². The van der Waals surface area contributed by atoms with Crippen LogP contribution in [0.25, 0.3) is 5.57 Å². The predicted octanol–water partition coefficient (Wildman–Crippen LogP) is 7.93. The van der Waals surface area contributed by atoms with Crippen LogP contribution in [0.2, 0.25) is 0 Å². The lowest BCUT2D eigenvalue weighted by Crippen LogP contribution is -2.41. The molecule has 2 aromatic rings. The fourth-order valence-electron chi connectivity index (χ4n) is 4.54. The smallest absolute Gasteiger partial charge is 0.399 e. The Morgan fingerprint density at radius 1 is 0.778 bits per heavy atom. The maximum Gasteiger partial charge on any atom is 0.496 e. The van der Waals surface area contributed by atoms with Gasteiger partial charge in [-0.25, -0.2) is 0 Å². The Balaban J connectivity index is 0.00000109. The first-order chi connectivity index (χ1) is 16.6. The zero-order valence-electron chi connectivity index (χ0n) is 25.1. The van der Waals surface area contributed by atoms with Gasteiger partial charge in [-0.15, -0.1) is 0 Å². The van der Waals surface area contributed by atoms with Crippen molar-refractivity contribution in [2.75, 3.05) is 0 Å². The first-order valence-corrected chi connectivity index (χ1v) is 13.5. The topological polar surface area (TPSA) is 31.4 Å². The van der Waals surface area contributed by atoms with Crippen molar-refractivity contribution < 1.29 is 9.31 Å². The van der Waals surface area contributed by atoms with Gasteiger partial charge in [-0.05, 0) is 69.0 Å². The number of fused-ring (bicyclic) bond motifs is 1. The molecule has 3 nitrogen and oxygen atoms in total. The number of aromatic nitrogens is 1. The molecule has 1 fully saturated rings. The number of hydrogen-bond donors (Lipinski definition) is 0. The number of allylic oxidation sites excluding steroid dienone is 2. The van der Waals surface area contributed by atoms with E-state index in [1.54, 1.807) is 0 Å². The third-order valence-corrected chi connectivity index (χ3v) is 7.62. The Kier molecular flexibility index (Phi) is 8.91. The molecule has 1 aliphatic carbocycles. The van der Waals surface area contributed by atoms with Crippen molar-refractivity contribution in [3.63, 3.8) is 0 Å². The van der Waals surface area contributed by atoms with Gasteiger partial charge in [0.2, 0.25) is 0 Å². The lowest BCUT2D eigenvalue weighted by atomic mass is 9.67. The minimum Gasteiger partial charge on any atom is -0.399 e. The Morgan fingerprint density at radius 3 is 1.69 bits per heavy atom. The highest BCUT2D eigenvalue weighted by Crippen LogP contribution is 2.43. The molecule has 1 aromatic heterocycles. The Hall–Kier alpha value is -2.17. The molecule has 1 saturated heterocycles. The monoisotopic (exact) mass is 489 g/mol. The van der Waals surface area contributed by atoms with Crippen molar-refractivity contribution in [1.29, 1.82) is 0 Å². The fourth-order valence-corrected chi connectivity index (χ4v) is 4.54. The number of aryl methyl sites for hydroxylation is 1. The molecule has 0 unspecified atom stereocenters. The molecular weight excluding hydrogens is 441 g/mol. The van der Waals surface area contributed by atoms with Crippen molar-refractivity contribution in [3.8, 4) is 0 Å². The van der Waals surface area contributed by atoms with Crippen LogP contribution in [0, 0.1) is 6.92 Å². The van der Waals surface area contributed by atoms with E-state index in [0.29, 0.717) is 0 Å². The lowest BCUT2D eigenvalue weighted by molar-refractivity contribution is 0.00578. The molecule has 1 aliphatic heterocycles. The fraction of sp³-hybridized carbons (Fsp3) is 0.531. The van der Waals surface area contributed by atoms with Gasteiger partial charge in [0.25, 0.3) is 0 Å². The van der Waals surface area contributed by atoms with Gasteiger partial charge in [0.1, 0.15) is 0 Å². The van der Waals surface area contributed by atoms with Gasteiger partial charge in [0.15, 0.2) is 0 Å². The maximum absolute atomic E-state index is 6.17. The Morgan fingerprint density at radius 2 is 1.25 bits per heavy atom. The highest BCUT2D eigenvalue weighted by Gasteiger charge is 2.51.